The van der Waals surface area contributed by atoms with Crippen molar-refractivity contribution in [3.63, 3.8) is 0 Å². The van der Waals surface area contributed by atoms with Gasteiger partial charge in [-0.25, -0.2) is 0 Å². The van der Waals surface area contributed by atoms with E-state index in [2.05, 4.69) is 45.1 Å². The van der Waals surface area contributed by atoms with Crippen LogP contribution in [0.4, 0.5) is 0 Å². The summed E-state index contributed by atoms with van der Waals surface area (Å²) in [6.07, 6.45) is 7.76. The van der Waals surface area contributed by atoms with Crippen LogP contribution in [0.1, 0.15) is 59.6 Å². The molecule has 2 heterocycles. The molecule has 1 amide bonds. The van der Waals surface area contributed by atoms with Crippen LogP contribution in [0.5, 0.6) is 5.75 Å². The van der Waals surface area contributed by atoms with Gasteiger partial charge in [0, 0.05) is 49.9 Å². The summed E-state index contributed by atoms with van der Waals surface area (Å²) < 4.78 is 5.56. The van der Waals surface area contributed by atoms with E-state index in [1.54, 1.807) is 7.11 Å². The van der Waals surface area contributed by atoms with Gasteiger partial charge in [-0.2, -0.15) is 0 Å². The minimum atomic E-state index is 0.176. The lowest BCUT2D eigenvalue weighted by Crippen LogP contribution is -2.45. The highest BCUT2D eigenvalue weighted by Crippen LogP contribution is 2.37. The van der Waals surface area contributed by atoms with Crippen molar-refractivity contribution in [2.75, 3.05) is 26.7 Å². The standard InChI is InChI=1S/C31H37N3O2/c1-36-29-17-10-13-25(19-29)30-23-33(22-27-14-8-9-18-32-27)20-26(30)21-34(28-15-6-3-7-16-28)31(35)24-11-4-2-5-12-24/h2,4-5,8-14,17-19,26,28,30H,3,6-7,15-16,20-23H2,1H3. The van der Waals surface area contributed by atoms with Crippen LogP contribution in [0.2, 0.25) is 0 Å². The first-order chi connectivity index (χ1) is 17.7. The second-order valence-corrected chi connectivity index (χ2v) is 10.3. The number of amides is 1. The van der Waals surface area contributed by atoms with Crippen molar-refractivity contribution >= 4 is 5.91 Å². The summed E-state index contributed by atoms with van der Waals surface area (Å²) >= 11 is 0. The fraction of sp³-hybridized carbons (Fsp3) is 0.419. The number of pyridine rings is 1. The third kappa shape index (κ3) is 5.79. The second-order valence-electron chi connectivity index (χ2n) is 10.3. The number of nitrogens with zero attached hydrogens (tertiary/aromatic N) is 3. The minimum absolute atomic E-state index is 0.176. The maximum Gasteiger partial charge on any atom is 0.254 e. The van der Waals surface area contributed by atoms with E-state index in [9.17, 15) is 4.79 Å². The number of aromatic nitrogens is 1. The Kier molecular flexibility index (Phi) is 7.97. The maximum absolute atomic E-state index is 13.8. The zero-order valence-electron chi connectivity index (χ0n) is 21.3. The minimum Gasteiger partial charge on any atom is -0.497 e. The molecule has 1 saturated carbocycles. The molecule has 0 N–H and O–H groups in total. The Morgan fingerprint density at radius 3 is 2.53 bits per heavy atom. The fourth-order valence-corrected chi connectivity index (χ4v) is 6.03. The average Bonchev–Trinajstić information content (AvgIpc) is 3.35. The molecule has 0 spiro atoms. The Morgan fingerprint density at radius 2 is 1.78 bits per heavy atom. The zero-order valence-corrected chi connectivity index (χ0v) is 21.3. The molecule has 2 aliphatic rings. The quantitative estimate of drug-likeness (QED) is 0.407. The van der Waals surface area contributed by atoms with Crippen LogP contribution in [-0.2, 0) is 6.54 Å². The predicted octanol–water partition coefficient (Wildman–Crippen LogP) is 5.78. The summed E-state index contributed by atoms with van der Waals surface area (Å²) in [4.78, 5) is 23.1. The van der Waals surface area contributed by atoms with Crippen LogP contribution in [0.15, 0.2) is 79.0 Å². The average molecular weight is 484 g/mol. The molecule has 1 aromatic heterocycles. The summed E-state index contributed by atoms with van der Waals surface area (Å²) in [7, 11) is 1.72. The van der Waals surface area contributed by atoms with E-state index >= 15 is 0 Å². The van der Waals surface area contributed by atoms with E-state index in [4.69, 9.17) is 4.74 Å². The molecule has 1 aliphatic heterocycles. The first kappa shape index (κ1) is 24.5. The van der Waals surface area contributed by atoms with E-state index in [0.717, 1.165) is 56.0 Å². The molecule has 1 aliphatic carbocycles. The Balaban J connectivity index is 1.42. The third-order valence-corrected chi connectivity index (χ3v) is 7.88. The first-order valence-corrected chi connectivity index (χ1v) is 13.3. The highest BCUT2D eigenvalue weighted by Gasteiger charge is 2.38. The topological polar surface area (TPSA) is 45.7 Å². The van der Waals surface area contributed by atoms with Crippen LogP contribution >= 0.6 is 0 Å². The highest BCUT2D eigenvalue weighted by atomic mass is 16.5. The Bertz CT molecular complexity index is 1110. The number of hydrogen-bond donors (Lipinski definition) is 0. The maximum atomic E-state index is 13.8. The molecule has 0 radical (unpaired) electrons. The van der Waals surface area contributed by atoms with Gasteiger partial charge in [-0.15, -0.1) is 0 Å². The van der Waals surface area contributed by atoms with E-state index in [-0.39, 0.29) is 5.91 Å². The lowest BCUT2D eigenvalue weighted by atomic mass is 9.86. The van der Waals surface area contributed by atoms with E-state index in [1.807, 2.05) is 48.7 Å². The van der Waals surface area contributed by atoms with Crippen molar-refractivity contribution in [1.29, 1.82) is 0 Å². The van der Waals surface area contributed by atoms with Gasteiger partial charge in [-0.05, 0) is 60.7 Å². The van der Waals surface area contributed by atoms with Crippen LogP contribution in [-0.4, -0.2) is 53.5 Å². The van der Waals surface area contributed by atoms with Crippen molar-refractivity contribution in [3.8, 4) is 5.75 Å². The molecule has 1 saturated heterocycles. The number of benzene rings is 2. The Labute approximate surface area is 215 Å². The van der Waals surface area contributed by atoms with Crippen molar-refractivity contribution in [1.82, 2.24) is 14.8 Å². The second kappa shape index (κ2) is 11.7. The number of methoxy groups -OCH3 is 1. The van der Waals surface area contributed by atoms with Gasteiger partial charge in [-0.1, -0.05) is 55.7 Å². The van der Waals surface area contributed by atoms with Crippen molar-refractivity contribution in [3.05, 3.63) is 95.8 Å². The van der Waals surface area contributed by atoms with Gasteiger partial charge in [0.1, 0.15) is 5.75 Å². The number of hydrogen-bond acceptors (Lipinski definition) is 4. The fourth-order valence-electron chi connectivity index (χ4n) is 6.03. The van der Waals surface area contributed by atoms with Gasteiger partial charge in [-0.3, -0.25) is 14.7 Å². The number of likely N-dealkylation sites (tertiary alicyclic amines) is 1. The molecule has 2 unspecified atom stereocenters. The van der Waals surface area contributed by atoms with Crippen LogP contribution < -0.4 is 4.74 Å². The Morgan fingerprint density at radius 1 is 0.972 bits per heavy atom. The summed E-state index contributed by atoms with van der Waals surface area (Å²) in [6.45, 7) is 3.50. The van der Waals surface area contributed by atoms with Gasteiger partial charge >= 0.3 is 0 Å². The number of carbonyl (C=O) groups excluding carboxylic acids is 1. The molecule has 5 heteroatoms. The number of carbonyl (C=O) groups is 1. The molecule has 36 heavy (non-hydrogen) atoms. The highest BCUT2D eigenvalue weighted by molar-refractivity contribution is 5.94. The van der Waals surface area contributed by atoms with Crippen molar-refractivity contribution in [2.24, 2.45) is 5.92 Å². The molecule has 2 atom stereocenters. The molecule has 3 aromatic rings. The number of ether oxygens (including phenoxy) is 1. The first-order valence-electron chi connectivity index (χ1n) is 13.3. The van der Waals surface area contributed by atoms with Gasteiger partial charge in [0.05, 0.1) is 12.8 Å². The lowest BCUT2D eigenvalue weighted by molar-refractivity contribution is 0.0588. The van der Waals surface area contributed by atoms with Gasteiger partial charge < -0.3 is 9.64 Å². The SMILES string of the molecule is COc1cccc(C2CN(Cc3ccccn3)CC2CN(C(=O)c2ccccc2)C2CCCCC2)c1. The van der Waals surface area contributed by atoms with E-state index < -0.39 is 0 Å². The van der Waals surface area contributed by atoms with E-state index in [0.29, 0.717) is 17.9 Å². The summed E-state index contributed by atoms with van der Waals surface area (Å²) in [5, 5.41) is 0. The number of rotatable bonds is 8. The van der Waals surface area contributed by atoms with Crippen LogP contribution in [0, 0.1) is 5.92 Å². The summed E-state index contributed by atoms with van der Waals surface area (Å²) in [5.41, 5.74) is 3.18. The van der Waals surface area contributed by atoms with Crippen molar-refractivity contribution < 1.29 is 9.53 Å². The predicted molar refractivity (Wildman–Crippen MR) is 143 cm³/mol. The smallest absolute Gasteiger partial charge is 0.254 e. The molecular formula is C31H37N3O2. The third-order valence-electron chi connectivity index (χ3n) is 7.88. The summed E-state index contributed by atoms with van der Waals surface area (Å²) in [5.74, 6) is 1.74. The molecular weight excluding hydrogens is 446 g/mol. The molecule has 188 valence electrons. The van der Waals surface area contributed by atoms with Gasteiger partial charge in [0.2, 0.25) is 0 Å². The summed E-state index contributed by atoms with van der Waals surface area (Å²) in [6, 6.07) is 24.7. The molecule has 5 nitrogen and oxygen atoms in total. The Hall–Kier alpha value is -3.18. The van der Waals surface area contributed by atoms with Crippen LogP contribution in [0.3, 0.4) is 0 Å². The van der Waals surface area contributed by atoms with E-state index in [1.165, 1.54) is 24.8 Å². The largest absolute Gasteiger partial charge is 0.497 e. The molecule has 0 bridgehead atoms. The lowest BCUT2D eigenvalue weighted by Gasteiger charge is -2.37. The molecule has 2 aromatic carbocycles. The van der Waals surface area contributed by atoms with Crippen LogP contribution in [0.25, 0.3) is 0 Å². The monoisotopic (exact) mass is 483 g/mol. The van der Waals surface area contributed by atoms with Gasteiger partial charge in [0.15, 0.2) is 0 Å². The van der Waals surface area contributed by atoms with Gasteiger partial charge in [0.25, 0.3) is 5.91 Å². The normalized spacial score (nSPS) is 20.8. The zero-order chi connectivity index (χ0) is 24.7. The van der Waals surface area contributed by atoms with Crippen molar-refractivity contribution in [2.45, 2.75) is 50.6 Å². The molecule has 5 rings (SSSR count). The molecule has 2 fully saturated rings.